The number of hydrogen-bond donors (Lipinski definition) is 0. The molecule has 0 aliphatic carbocycles. The fourth-order valence-corrected chi connectivity index (χ4v) is 3.65. The lowest BCUT2D eigenvalue weighted by molar-refractivity contribution is -0.646. The summed E-state index contributed by atoms with van der Waals surface area (Å²) in [6.07, 6.45) is -3.75. The summed E-state index contributed by atoms with van der Waals surface area (Å²) in [5.74, 6) is 0. The van der Waals surface area contributed by atoms with Crippen molar-refractivity contribution in [1.82, 2.24) is 0 Å². The number of para-hydroxylation sites is 1. The fourth-order valence-electron chi connectivity index (χ4n) is 2.13. The topological polar surface area (TPSA) is 64.3 Å². The summed E-state index contributed by atoms with van der Waals surface area (Å²) in [6.45, 7) is 1.13. The van der Waals surface area contributed by atoms with Crippen LogP contribution >= 0.6 is 0 Å². The number of halogens is 3. The molecule has 0 N–H and O–H groups in total. The maximum absolute atomic E-state index is 13.1. The first kappa shape index (κ1) is 17.1. The summed E-state index contributed by atoms with van der Waals surface area (Å²) >= 11 is 0. The minimum absolute atomic E-state index is 0.105. The molecular formula is C14H13F3N2O3S. The summed E-state index contributed by atoms with van der Waals surface area (Å²) in [6, 6.07) is 8.02. The van der Waals surface area contributed by atoms with E-state index in [9.17, 15) is 26.8 Å². The molecule has 0 atom stereocenters. The Hall–Kier alpha value is -2.29. The maximum Gasteiger partial charge on any atom is 0.418 e. The number of hydrogen-bond acceptors (Lipinski definition) is 3. The van der Waals surface area contributed by atoms with Gasteiger partial charge in [-0.05, 0) is 25.1 Å². The van der Waals surface area contributed by atoms with Crippen molar-refractivity contribution in [2.75, 3.05) is 10.8 Å². The quantitative estimate of drug-likeness (QED) is 0.631. The van der Waals surface area contributed by atoms with Crippen molar-refractivity contribution >= 4 is 15.7 Å². The highest BCUT2D eigenvalue weighted by atomic mass is 32.2. The zero-order valence-electron chi connectivity index (χ0n) is 12.0. The van der Waals surface area contributed by atoms with Crippen LogP contribution in [0.2, 0.25) is 0 Å². The molecular weight excluding hydrogens is 333 g/mol. The van der Waals surface area contributed by atoms with Crippen LogP contribution in [0.15, 0.2) is 53.7 Å². The van der Waals surface area contributed by atoms with Crippen LogP contribution in [0.5, 0.6) is 0 Å². The molecule has 0 saturated heterocycles. The number of nitrogens with zero attached hydrogens (tertiary/aromatic N) is 2. The lowest BCUT2D eigenvalue weighted by Crippen LogP contribution is -2.41. The van der Waals surface area contributed by atoms with Gasteiger partial charge in [-0.2, -0.15) is 26.3 Å². The third-order valence-electron chi connectivity index (χ3n) is 3.11. The Morgan fingerprint density at radius 1 is 1.13 bits per heavy atom. The number of sulfonamides is 1. The van der Waals surface area contributed by atoms with Crippen LogP contribution < -0.4 is 9.04 Å². The number of benzene rings is 1. The van der Waals surface area contributed by atoms with Crippen molar-refractivity contribution < 1.29 is 26.3 Å². The number of aromatic nitrogens is 1. The molecule has 5 nitrogen and oxygen atoms in total. The van der Waals surface area contributed by atoms with Crippen molar-refractivity contribution in [3.8, 4) is 0 Å². The van der Waals surface area contributed by atoms with E-state index in [1.807, 2.05) is 0 Å². The van der Waals surface area contributed by atoms with Crippen LogP contribution in [0, 0.1) is 5.21 Å². The summed E-state index contributed by atoms with van der Waals surface area (Å²) < 4.78 is 65.3. The molecule has 1 aromatic carbocycles. The van der Waals surface area contributed by atoms with Gasteiger partial charge in [0, 0.05) is 18.7 Å². The van der Waals surface area contributed by atoms with Gasteiger partial charge in [0.25, 0.3) is 0 Å². The average Bonchev–Trinajstić information content (AvgIpc) is 2.47. The highest BCUT2D eigenvalue weighted by molar-refractivity contribution is 7.92. The summed E-state index contributed by atoms with van der Waals surface area (Å²) in [5.41, 5.74) is -1.61. The van der Waals surface area contributed by atoms with E-state index in [4.69, 9.17) is 0 Å². The summed E-state index contributed by atoms with van der Waals surface area (Å²) in [5, 5.41) is 11.0. The third kappa shape index (κ3) is 3.24. The normalized spacial score (nSPS) is 12.2. The fraction of sp³-hybridized carbons (Fsp3) is 0.214. The highest BCUT2D eigenvalue weighted by Crippen LogP contribution is 2.37. The molecule has 9 heteroatoms. The summed E-state index contributed by atoms with van der Waals surface area (Å²) in [7, 11) is -4.43. The Bertz CT molecular complexity index is 807. The number of rotatable bonds is 4. The number of alkyl halides is 3. The molecule has 1 heterocycles. The van der Waals surface area contributed by atoms with Crippen LogP contribution in [-0.4, -0.2) is 15.0 Å². The molecule has 0 amide bonds. The second-order valence-electron chi connectivity index (χ2n) is 4.55. The SMILES string of the molecule is CCN(c1ccccc1C(F)(F)F)S(=O)(=O)c1cccc[n+]1[O-]. The van der Waals surface area contributed by atoms with Gasteiger partial charge in [0.2, 0.25) is 0 Å². The first-order chi connectivity index (χ1) is 10.7. The Balaban J connectivity index is 2.64. The number of anilines is 1. The van der Waals surface area contributed by atoms with Crippen LogP contribution in [0.4, 0.5) is 18.9 Å². The highest BCUT2D eigenvalue weighted by Gasteiger charge is 2.39. The van der Waals surface area contributed by atoms with Gasteiger partial charge >= 0.3 is 21.2 Å². The standard InChI is InChI=1S/C14H13F3N2O3S/c1-2-19(12-8-4-3-7-11(12)14(15,16)17)23(21,22)13-9-5-6-10-18(13)20/h3-10H,2H2,1H3. The predicted molar refractivity (Wildman–Crippen MR) is 77.1 cm³/mol. The van der Waals surface area contributed by atoms with Crippen LogP contribution in [0.3, 0.4) is 0 Å². The average molecular weight is 346 g/mol. The van der Waals surface area contributed by atoms with Gasteiger partial charge in [0.05, 0.1) is 11.3 Å². The first-order valence-electron chi connectivity index (χ1n) is 6.56. The second-order valence-corrected chi connectivity index (χ2v) is 6.36. The van der Waals surface area contributed by atoms with Gasteiger partial charge in [0.15, 0.2) is 6.20 Å². The molecule has 0 unspecified atom stereocenters. The molecule has 0 aliphatic rings. The largest absolute Gasteiger partial charge is 0.618 e. The molecule has 0 aliphatic heterocycles. The predicted octanol–water partition coefficient (Wildman–Crippen LogP) is 2.55. The molecule has 2 aromatic rings. The zero-order chi connectivity index (χ0) is 17.3. The number of pyridine rings is 1. The molecule has 0 saturated carbocycles. The van der Waals surface area contributed by atoms with Gasteiger partial charge < -0.3 is 5.21 Å². The van der Waals surface area contributed by atoms with E-state index in [1.165, 1.54) is 31.2 Å². The Labute approximate surface area is 131 Å². The van der Waals surface area contributed by atoms with Crippen molar-refractivity contribution in [3.63, 3.8) is 0 Å². The van der Waals surface area contributed by atoms with Gasteiger partial charge in [-0.1, -0.05) is 12.1 Å². The van der Waals surface area contributed by atoms with Crippen molar-refractivity contribution in [2.45, 2.75) is 18.1 Å². The molecule has 23 heavy (non-hydrogen) atoms. The van der Waals surface area contributed by atoms with Gasteiger partial charge in [-0.25, -0.2) is 0 Å². The lowest BCUT2D eigenvalue weighted by Gasteiger charge is -2.24. The van der Waals surface area contributed by atoms with Crippen molar-refractivity contribution in [3.05, 3.63) is 59.4 Å². The van der Waals surface area contributed by atoms with Gasteiger partial charge in [-0.15, -0.1) is 0 Å². The van der Waals surface area contributed by atoms with E-state index in [1.54, 1.807) is 0 Å². The third-order valence-corrected chi connectivity index (χ3v) is 4.99. The van der Waals surface area contributed by atoms with E-state index >= 15 is 0 Å². The molecule has 124 valence electrons. The van der Waals surface area contributed by atoms with Gasteiger partial charge in [0.1, 0.15) is 0 Å². The molecule has 1 aromatic heterocycles. The second kappa shape index (κ2) is 6.07. The molecule has 0 spiro atoms. The smallest absolute Gasteiger partial charge is 0.418 e. The van der Waals surface area contributed by atoms with E-state index in [-0.39, 0.29) is 11.3 Å². The van der Waals surface area contributed by atoms with E-state index < -0.39 is 32.5 Å². The first-order valence-corrected chi connectivity index (χ1v) is 8.00. The minimum atomic E-state index is -4.72. The van der Waals surface area contributed by atoms with E-state index in [0.717, 1.165) is 24.4 Å². The molecule has 0 bridgehead atoms. The molecule has 0 radical (unpaired) electrons. The van der Waals surface area contributed by atoms with Crippen molar-refractivity contribution in [1.29, 1.82) is 0 Å². The summed E-state index contributed by atoms with van der Waals surface area (Å²) in [4.78, 5) is 0. The maximum atomic E-state index is 13.1. The Kier molecular flexibility index (Phi) is 4.51. The van der Waals surface area contributed by atoms with Crippen LogP contribution in [0.1, 0.15) is 12.5 Å². The molecule has 0 fully saturated rings. The monoisotopic (exact) mass is 346 g/mol. The zero-order valence-corrected chi connectivity index (χ0v) is 12.8. The van der Waals surface area contributed by atoms with Crippen LogP contribution in [-0.2, 0) is 16.2 Å². The lowest BCUT2D eigenvalue weighted by atomic mass is 10.1. The van der Waals surface area contributed by atoms with Crippen LogP contribution in [0.25, 0.3) is 0 Å². The molecule has 2 rings (SSSR count). The Morgan fingerprint density at radius 2 is 1.74 bits per heavy atom. The van der Waals surface area contributed by atoms with E-state index in [2.05, 4.69) is 0 Å². The van der Waals surface area contributed by atoms with Crippen molar-refractivity contribution in [2.24, 2.45) is 0 Å². The Morgan fingerprint density at radius 3 is 2.30 bits per heavy atom. The van der Waals surface area contributed by atoms with Gasteiger partial charge in [-0.3, -0.25) is 4.31 Å². The van der Waals surface area contributed by atoms with E-state index in [0.29, 0.717) is 4.31 Å². The minimum Gasteiger partial charge on any atom is -0.618 e.